The molecule has 1 aromatic carbocycles. The lowest BCUT2D eigenvalue weighted by Gasteiger charge is -2.12. The highest BCUT2D eigenvalue weighted by atomic mass is 79.9. The summed E-state index contributed by atoms with van der Waals surface area (Å²) < 4.78 is 8.71. The molecule has 0 fully saturated rings. The fourth-order valence-corrected chi connectivity index (χ4v) is 3.59. The molecule has 0 amide bonds. The van der Waals surface area contributed by atoms with Crippen LogP contribution in [0.4, 0.5) is 5.13 Å². The number of nitrogens with zero attached hydrogens (tertiary/aromatic N) is 4. The van der Waals surface area contributed by atoms with Crippen LogP contribution in [0, 0.1) is 6.92 Å². The third kappa shape index (κ3) is 4.01. The van der Waals surface area contributed by atoms with E-state index < -0.39 is 0 Å². The fraction of sp³-hybridized carbons (Fsp3) is 0.105. The van der Waals surface area contributed by atoms with Crippen LogP contribution in [0.2, 0.25) is 0 Å². The number of benzene rings is 1. The molecular formula is C19H16BrN5OS. The number of aryl methyl sites for hydroxylation is 1. The number of rotatable bonds is 5. The Morgan fingerprint density at radius 1 is 1.22 bits per heavy atom. The van der Waals surface area contributed by atoms with Gasteiger partial charge in [0, 0.05) is 28.5 Å². The Kier molecular flexibility index (Phi) is 4.91. The van der Waals surface area contributed by atoms with E-state index in [9.17, 15) is 0 Å². The molecule has 0 bridgehead atoms. The smallest absolute Gasteiger partial charge is 0.197 e. The van der Waals surface area contributed by atoms with E-state index in [1.165, 1.54) is 11.3 Å². The normalized spacial score (nSPS) is 10.9. The number of hydrogen-bond acceptors (Lipinski definition) is 6. The first kappa shape index (κ1) is 17.7. The van der Waals surface area contributed by atoms with Gasteiger partial charge in [-0.3, -0.25) is 0 Å². The number of ether oxygens (including phenoxy) is 1. The van der Waals surface area contributed by atoms with Gasteiger partial charge in [0.2, 0.25) is 0 Å². The Hall–Kier alpha value is -2.71. The molecule has 2 N–H and O–H groups in total. The number of pyridine rings is 1. The van der Waals surface area contributed by atoms with Gasteiger partial charge in [0.25, 0.3) is 0 Å². The summed E-state index contributed by atoms with van der Waals surface area (Å²) >= 11 is 4.90. The molecule has 8 heteroatoms. The molecule has 6 nitrogen and oxygen atoms in total. The van der Waals surface area contributed by atoms with Crippen LogP contribution < -0.4 is 10.5 Å². The van der Waals surface area contributed by atoms with Gasteiger partial charge in [-0.25, -0.2) is 14.6 Å². The van der Waals surface area contributed by atoms with Crippen molar-refractivity contribution in [3.63, 3.8) is 0 Å². The number of halogens is 1. The zero-order chi connectivity index (χ0) is 18.8. The average Bonchev–Trinajstić information content (AvgIpc) is 3.21. The van der Waals surface area contributed by atoms with Crippen molar-refractivity contribution in [3.8, 4) is 17.3 Å². The zero-order valence-corrected chi connectivity index (χ0v) is 16.9. The Morgan fingerprint density at radius 3 is 2.78 bits per heavy atom. The highest BCUT2D eigenvalue weighted by Crippen LogP contribution is 2.30. The molecule has 4 rings (SSSR count). The standard InChI is InChI=1S/C19H16BrN5OS/c1-12-7-15(9-14-11-27-19(21)23-14)25(24-12)18-17(8-13(20)10-22-18)26-16-5-3-2-4-6-16/h2-8,10-11H,9H2,1H3,(H2,21,23). The predicted octanol–water partition coefficient (Wildman–Crippen LogP) is 4.76. The van der Waals surface area contributed by atoms with E-state index in [1.807, 2.05) is 54.8 Å². The maximum atomic E-state index is 6.08. The molecule has 0 saturated carbocycles. The minimum atomic E-state index is 0.558. The monoisotopic (exact) mass is 441 g/mol. The molecule has 0 spiro atoms. The van der Waals surface area contributed by atoms with Crippen molar-refractivity contribution >= 4 is 32.4 Å². The average molecular weight is 442 g/mol. The first-order chi connectivity index (χ1) is 13.1. The van der Waals surface area contributed by atoms with Crippen molar-refractivity contribution in [2.45, 2.75) is 13.3 Å². The van der Waals surface area contributed by atoms with Gasteiger partial charge in [-0.2, -0.15) is 5.10 Å². The molecule has 4 aromatic rings. The Labute approximate surface area is 168 Å². The Balaban J connectivity index is 1.75. The van der Waals surface area contributed by atoms with Gasteiger partial charge in [-0.05, 0) is 41.1 Å². The van der Waals surface area contributed by atoms with Crippen LogP contribution in [0.15, 0.2) is 58.5 Å². The third-order valence-corrected chi connectivity index (χ3v) is 4.96. The molecule has 0 atom stereocenters. The molecule has 0 aliphatic carbocycles. The van der Waals surface area contributed by atoms with Gasteiger partial charge in [0.15, 0.2) is 16.7 Å². The second-order valence-electron chi connectivity index (χ2n) is 5.93. The molecule has 0 aliphatic rings. The van der Waals surface area contributed by atoms with Crippen LogP contribution in [0.3, 0.4) is 0 Å². The minimum absolute atomic E-state index is 0.558. The summed E-state index contributed by atoms with van der Waals surface area (Å²) in [5.74, 6) is 1.96. The van der Waals surface area contributed by atoms with Gasteiger partial charge in [0.05, 0.1) is 17.1 Å². The van der Waals surface area contributed by atoms with E-state index in [-0.39, 0.29) is 0 Å². The van der Waals surface area contributed by atoms with Crippen molar-refractivity contribution in [3.05, 3.63) is 75.6 Å². The van der Waals surface area contributed by atoms with Crippen LogP contribution in [-0.4, -0.2) is 19.7 Å². The van der Waals surface area contributed by atoms with Crippen molar-refractivity contribution in [1.82, 2.24) is 19.7 Å². The number of nitrogens with two attached hydrogens (primary N) is 1. The molecule has 27 heavy (non-hydrogen) atoms. The largest absolute Gasteiger partial charge is 0.453 e. The number of anilines is 1. The topological polar surface area (TPSA) is 78.8 Å². The van der Waals surface area contributed by atoms with Crippen molar-refractivity contribution in [2.75, 3.05) is 5.73 Å². The van der Waals surface area contributed by atoms with Crippen LogP contribution >= 0.6 is 27.3 Å². The zero-order valence-electron chi connectivity index (χ0n) is 14.5. The van der Waals surface area contributed by atoms with E-state index in [0.717, 1.165) is 27.3 Å². The van der Waals surface area contributed by atoms with Crippen LogP contribution in [0.25, 0.3) is 5.82 Å². The van der Waals surface area contributed by atoms with E-state index in [0.29, 0.717) is 23.1 Å². The summed E-state index contributed by atoms with van der Waals surface area (Å²) in [6.07, 6.45) is 2.34. The van der Waals surface area contributed by atoms with Gasteiger partial charge < -0.3 is 10.5 Å². The number of hydrogen-bond donors (Lipinski definition) is 1. The molecule has 3 heterocycles. The molecule has 136 valence electrons. The minimum Gasteiger partial charge on any atom is -0.453 e. The highest BCUT2D eigenvalue weighted by molar-refractivity contribution is 9.10. The lowest BCUT2D eigenvalue weighted by Crippen LogP contribution is -2.07. The van der Waals surface area contributed by atoms with E-state index in [1.54, 1.807) is 10.9 Å². The lowest BCUT2D eigenvalue weighted by molar-refractivity contribution is 0.473. The number of para-hydroxylation sites is 1. The van der Waals surface area contributed by atoms with Crippen molar-refractivity contribution in [1.29, 1.82) is 0 Å². The first-order valence-electron chi connectivity index (χ1n) is 8.23. The molecular weight excluding hydrogens is 426 g/mol. The SMILES string of the molecule is Cc1cc(Cc2csc(N)n2)n(-c2ncc(Br)cc2Oc2ccccc2)n1. The summed E-state index contributed by atoms with van der Waals surface area (Å²) in [6, 6.07) is 13.5. The van der Waals surface area contributed by atoms with E-state index >= 15 is 0 Å². The van der Waals surface area contributed by atoms with Gasteiger partial charge in [-0.15, -0.1) is 11.3 Å². The van der Waals surface area contributed by atoms with Gasteiger partial charge in [0.1, 0.15) is 5.75 Å². The number of thiazole rings is 1. The highest BCUT2D eigenvalue weighted by Gasteiger charge is 2.16. The summed E-state index contributed by atoms with van der Waals surface area (Å²) in [7, 11) is 0. The summed E-state index contributed by atoms with van der Waals surface area (Å²) in [5, 5.41) is 7.13. The predicted molar refractivity (Wildman–Crippen MR) is 110 cm³/mol. The second kappa shape index (κ2) is 7.50. The number of aromatic nitrogens is 4. The second-order valence-corrected chi connectivity index (χ2v) is 7.74. The molecule has 0 aliphatic heterocycles. The fourth-order valence-electron chi connectivity index (χ4n) is 2.71. The number of nitrogen functional groups attached to an aromatic ring is 1. The Bertz CT molecular complexity index is 1080. The summed E-state index contributed by atoms with van der Waals surface area (Å²) in [6.45, 7) is 1.95. The molecule has 0 radical (unpaired) electrons. The summed E-state index contributed by atoms with van der Waals surface area (Å²) in [4.78, 5) is 8.90. The van der Waals surface area contributed by atoms with E-state index in [4.69, 9.17) is 10.5 Å². The van der Waals surface area contributed by atoms with Crippen LogP contribution in [0.5, 0.6) is 11.5 Å². The Morgan fingerprint density at radius 2 is 2.04 bits per heavy atom. The first-order valence-corrected chi connectivity index (χ1v) is 9.90. The van der Waals surface area contributed by atoms with Crippen molar-refractivity contribution < 1.29 is 4.74 Å². The third-order valence-electron chi connectivity index (χ3n) is 3.81. The molecule has 3 aromatic heterocycles. The lowest BCUT2D eigenvalue weighted by atomic mass is 10.2. The molecule has 0 saturated heterocycles. The van der Waals surface area contributed by atoms with Crippen LogP contribution in [0.1, 0.15) is 17.1 Å². The van der Waals surface area contributed by atoms with Gasteiger partial charge in [-0.1, -0.05) is 18.2 Å². The van der Waals surface area contributed by atoms with Crippen molar-refractivity contribution in [2.24, 2.45) is 0 Å². The van der Waals surface area contributed by atoms with Crippen LogP contribution in [-0.2, 0) is 6.42 Å². The summed E-state index contributed by atoms with van der Waals surface area (Å²) in [5.41, 5.74) is 8.52. The maximum absolute atomic E-state index is 6.08. The molecule has 0 unspecified atom stereocenters. The van der Waals surface area contributed by atoms with Gasteiger partial charge >= 0.3 is 0 Å². The maximum Gasteiger partial charge on any atom is 0.197 e. The quantitative estimate of drug-likeness (QED) is 0.482. The van der Waals surface area contributed by atoms with E-state index in [2.05, 4.69) is 31.0 Å².